The van der Waals surface area contributed by atoms with Crippen LogP contribution in [0.3, 0.4) is 0 Å². The monoisotopic (exact) mass is 771 g/mol. The molecule has 7 nitrogen and oxygen atoms in total. The van der Waals surface area contributed by atoms with E-state index in [9.17, 15) is 9.18 Å². The zero-order valence-corrected chi connectivity index (χ0v) is 25.8. The molecule has 10 heteroatoms. The number of hydrogen-bond donors (Lipinski definition) is 0. The first-order chi connectivity index (χ1) is 19.9. The highest BCUT2D eigenvalue weighted by atomic mass is 127. The van der Waals surface area contributed by atoms with E-state index < -0.39 is 0 Å². The Labute approximate surface area is 260 Å². The van der Waals surface area contributed by atoms with Crippen LogP contribution in [0.25, 0.3) is 33.5 Å². The minimum absolute atomic E-state index is 0.270. The van der Waals surface area contributed by atoms with E-state index in [-0.39, 0.29) is 17.2 Å². The molecular weight excluding hydrogens is 751 g/mol. The number of hydrogen-bond acceptors (Lipinski definition) is 6. The summed E-state index contributed by atoms with van der Waals surface area (Å²) < 4.78 is 33.8. The maximum Gasteiger partial charge on any atom is 0.282 e. The molecule has 0 saturated heterocycles. The molecule has 2 heterocycles. The summed E-state index contributed by atoms with van der Waals surface area (Å²) in [5.41, 5.74) is 2.46. The zero-order chi connectivity index (χ0) is 28.5. The molecule has 0 bridgehead atoms. The van der Waals surface area contributed by atoms with Crippen LogP contribution in [-0.2, 0) is 6.61 Å². The Morgan fingerprint density at radius 3 is 2.49 bits per heavy atom. The van der Waals surface area contributed by atoms with Crippen molar-refractivity contribution in [2.24, 2.45) is 5.10 Å². The highest BCUT2D eigenvalue weighted by Crippen LogP contribution is 2.33. The van der Waals surface area contributed by atoms with Gasteiger partial charge in [-0.3, -0.25) is 4.79 Å². The molecule has 0 saturated carbocycles. The van der Waals surface area contributed by atoms with Gasteiger partial charge >= 0.3 is 0 Å². The van der Waals surface area contributed by atoms with Crippen LogP contribution >= 0.6 is 45.2 Å². The number of benzene rings is 4. The molecule has 204 valence electrons. The number of rotatable bonds is 7. The highest BCUT2D eigenvalue weighted by Gasteiger charge is 2.18. The number of ether oxygens (including phenoxy) is 2. The number of furan rings is 1. The predicted molar refractivity (Wildman–Crippen MR) is 173 cm³/mol. The summed E-state index contributed by atoms with van der Waals surface area (Å²) in [4.78, 5) is 18.4. The fraction of sp³-hybridized carbons (Fsp3) is 0.0645. The average Bonchev–Trinajstić information content (AvgIpc) is 3.42. The van der Waals surface area contributed by atoms with Gasteiger partial charge in [0.15, 0.2) is 5.76 Å². The van der Waals surface area contributed by atoms with Crippen LogP contribution in [0.1, 0.15) is 11.1 Å². The summed E-state index contributed by atoms with van der Waals surface area (Å²) in [6.07, 6.45) is 1.61. The van der Waals surface area contributed by atoms with E-state index in [1.54, 1.807) is 49.7 Å². The molecule has 0 aliphatic carbocycles. The summed E-state index contributed by atoms with van der Waals surface area (Å²) in [6, 6.07) is 24.5. The van der Waals surface area contributed by atoms with Crippen molar-refractivity contribution in [1.82, 2.24) is 9.66 Å². The van der Waals surface area contributed by atoms with Crippen LogP contribution in [0.5, 0.6) is 11.5 Å². The quantitative estimate of drug-likeness (QED) is 0.123. The van der Waals surface area contributed by atoms with Crippen molar-refractivity contribution < 1.29 is 18.3 Å². The van der Waals surface area contributed by atoms with Gasteiger partial charge in [-0.25, -0.2) is 9.37 Å². The Morgan fingerprint density at radius 2 is 1.73 bits per heavy atom. The van der Waals surface area contributed by atoms with Crippen molar-refractivity contribution in [3.63, 3.8) is 0 Å². The van der Waals surface area contributed by atoms with Crippen molar-refractivity contribution >= 4 is 73.3 Å². The number of methoxy groups -OCH3 is 1. The fourth-order valence-corrected chi connectivity index (χ4v) is 6.49. The van der Waals surface area contributed by atoms with Gasteiger partial charge in [0.05, 0.1) is 36.8 Å². The maximum atomic E-state index is 13.6. The Kier molecular flexibility index (Phi) is 7.75. The van der Waals surface area contributed by atoms with Crippen molar-refractivity contribution in [2.45, 2.75) is 6.61 Å². The minimum Gasteiger partial charge on any atom is -0.496 e. The Hall–Kier alpha value is -3.78. The standard InChI is InChI=1S/C31H20FI2N3O4/c1-39-26-7-4-8-27-22(26)15-28(41-27)30-36-25-6-3-2-5-21(25)31(38)37(30)35-16-19-13-23(33)29(24(34)14-19)40-17-18-9-11-20(32)12-10-18/h2-16H,17H2,1H3. The minimum atomic E-state index is -0.321. The summed E-state index contributed by atoms with van der Waals surface area (Å²) in [5.74, 6) is 1.74. The molecule has 0 fully saturated rings. The molecule has 2 aromatic heterocycles. The topological polar surface area (TPSA) is 78.9 Å². The number of fused-ring (bicyclic) bond motifs is 2. The number of nitrogens with zero attached hydrogens (tertiary/aromatic N) is 3. The van der Waals surface area contributed by atoms with E-state index in [0.29, 0.717) is 40.4 Å². The third-order valence-electron chi connectivity index (χ3n) is 6.35. The van der Waals surface area contributed by atoms with Gasteiger partial charge < -0.3 is 13.9 Å². The largest absolute Gasteiger partial charge is 0.496 e. The molecule has 41 heavy (non-hydrogen) atoms. The van der Waals surface area contributed by atoms with Gasteiger partial charge in [0.25, 0.3) is 5.56 Å². The normalized spacial score (nSPS) is 11.5. The van der Waals surface area contributed by atoms with Gasteiger partial charge in [-0.2, -0.15) is 9.78 Å². The van der Waals surface area contributed by atoms with Gasteiger partial charge in [0, 0.05) is 0 Å². The van der Waals surface area contributed by atoms with Crippen LogP contribution in [0.4, 0.5) is 4.39 Å². The smallest absolute Gasteiger partial charge is 0.282 e. The number of para-hydroxylation sites is 1. The van der Waals surface area contributed by atoms with Gasteiger partial charge in [-0.05, 0) is 111 Å². The number of aromatic nitrogens is 2. The lowest BCUT2D eigenvalue weighted by Crippen LogP contribution is -2.20. The Bertz CT molecular complexity index is 1980. The molecule has 0 unspecified atom stereocenters. The lowest BCUT2D eigenvalue weighted by molar-refractivity contribution is 0.301. The first-order valence-electron chi connectivity index (χ1n) is 12.4. The summed E-state index contributed by atoms with van der Waals surface area (Å²) in [7, 11) is 1.60. The van der Waals surface area contributed by atoms with E-state index in [2.05, 4.69) is 50.3 Å². The Balaban J connectivity index is 1.38. The summed E-state index contributed by atoms with van der Waals surface area (Å²) in [6.45, 7) is 0.309. The molecule has 6 aromatic rings. The zero-order valence-electron chi connectivity index (χ0n) is 21.5. The first-order valence-corrected chi connectivity index (χ1v) is 14.6. The van der Waals surface area contributed by atoms with Gasteiger partial charge in [-0.15, -0.1) is 0 Å². The second kappa shape index (κ2) is 11.6. The Morgan fingerprint density at radius 1 is 0.976 bits per heavy atom. The lowest BCUT2D eigenvalue weighted by atomic mass is 10.2. The van der Waals surface area contributed by atoms with E-state index in [1.807, 2.05) is 36.4 Å². The molecular formula is C31H20FI2N3O4. The summed E-state index contributed by atoms with van der Waals surface area (Å²) in [5, 5.41) is 5.78. The summed E-state index contributed by atoms with van der Waals surface area (Å²) >= 11 is 4.41. The molecule has 0 aliphatic rings. The highest BCUT2D eigenvalue weighted by molar-refractivity contribution is 14.1. The van der Waals surface area contributed by atoms with Crippen LogP contribution in [0.2, 0.25) is 0 Å². The van der Waals surface area contributed by atoms with Gasteiger partial charge in [0.1, 0.15) is 29.5 Å². The third kappa shape index (κ3) is 5.58. The third-order valence-corrected chi connectivity index (χ3v) is 7.96. The van der Waals surface area contributed by atoms with Crippen molar-refractivity contribution in [3.8, 4) is 23.1 Å². The van der Waals surface area contributed by atoms with E-state index in [0.717, 1.165) is 23.7 Å². The van der Waals surface area contributed by atoms with E-state index >= 15 is 0 Å². The van der Waals surface area contributed by atoms with Crippen LogP contribution in [0.15, 0.2) is 99.2 Å². The molecule has 0 aliphatic heterocycles. The molecule has 0 N–H and O–H groups in total. The molecule has 0 atom stereocenters. The average molecular weight is 771 g/mol. The SMILES string of the molecule is COc1cccc2oc(-c3nc4ccccc4c(=O)n3N=Cc3cc(I)c(OCc4ccc(F)cc4)c(I)c3)cc12. The first kappa shape index (κ1) is 27.4. The molecule has 0 spiro atoms. The second-order valence-electron chi connectivity index (χ2n) is 9.03. The molecule has 6 rings (SSSR count). The second-order valence-corrected chi connectivity index (χ2v) is 11.4. The van der Waals surface area contributed by atoms with Crippen molar-refractivity contribution in [3.05, 3.63) is 119 Å². The lowest BCUT2D eigenvalue weighted by Gasteiger charge is -2.12. The maximum absolute atomic E-state index is 13.6. The van der Waals surface area contributed by atoms with E-state index in [4.69, 9.17) is 18.9 Å². The van der Waals surface area contributed by atoms with E-state index in [1.165, 1.54) is 16.8 Å². The van der Waals surface area contributed by atoms with Crippen LogP contribution < -0.4 is 15.0 Å². The van der Waals surface area contributed by atoms with Crippen LogP contribution in [0, 0.1) is 13.0 Å². The molecule has 0 amide bonds. The molecule has 4 aromatic carbocycles. The van der Waals surface area contributed by atoms with Crippen LogP contribution in [-0.4, -0.2) is 23.0 Å². The molecule has 0 radical (unpaired) electrons. The van der Waals surface area contributed by atoms with Crippen molar-refractivity contribution in [2.75, 3.05) is 7.11 Å². The van der Waals surface area contributed by atoms with Crippen molar-refractivity contribution in [1.29, 1.82) is 0 Å². The van der Waals surface area contributed by atoms with Gasteiger partial charge in [0.2, 0.25) is 5.82 Å². The fourth-order valence-electron chi connectivity index (χ4n) is 4.37. The predicted octanol–water partition coefficient (Wildman–Crippen LogP) is 7.63. The number of halogens is 3. The van der Waals surface area contributed by atoms with Gasteiger partial charge in [-0.1, -0.05) is 30.3 Å².